The van der Waals surface area contributed by atoms with E-state index in [1.54, 1.807) is 18.3 Å². The Labute approximate surface area is 133 Å². The van der Waals surface area contributed by atoms with Gasteiger partial charge in [0.05, 0.1) is 5.56 Å². The first kappa shape index (κ1) is 14.3. The predicted octanol–water partition coefficient (Wildman–Crippen LogP) is 4.65. The maximum atomic E-state index is 12.0. The Morgan fingerprint density at radius 2 is 1.55 bits per heavy atom. The predicted molar refractivity (Wildman–Crippen MR) is 89.1 cm³/mol. The summed E-state index contributed by atoms with van der Waals surface area (Å²) in [4.78, 5) is 16.0. The lowest BCUT2D eigenvalue weighted by atomic mass is 10.1. The highest BCUT2D eigenvalue weighted by Gasteiger charge is 2.05. The molecule has 1 heterocycles. The molecular formula is C18H13ClN2O. The van der Waals surface area contributed by atoms with Crippen LogP contribution in [0.1, 0.15) is 10.4 Å². The number of pyridine rings is 1. The molecule has 0 unspecified atom stereocenters. The largest absolute Gasteiger partial charge is 0.322 e. The van der Waals surface area contributed by atoms with E-state index in [4.69, 9.17) is 11.6 Å². The second-order valence-electron chi connectivity index (χ2n) is 4.78. The van der Waals surface area contributed by atoms with Gasteiger partial charge >= 0.3 is 0 Å². The fourth-order valence-electron chi connectivity index (χ4n) is 2.09. The molecule has 3 nitrogen and oxygen atoms in total. The van der Waals surface area contributed by atoms with Crippen LogP contribution in [0.2, 0.25) is 5.02 Å². The number of nitrogens with zero attached hydrogens (tertiary/aromatic N) is 1. The lowest BCUT2D eigenvalue weighted by Crippen LogP contribution is -2.11. The fourth-order valence-corrected chi connectivity index (χ4v) is 2.21. The molecule has 0 fully saturated rings. The van der Waals surface area contributed by atoms with Gasteiger partial charge in [-0.1, -0.05) is 35.9 Å². The van der Waals surface area contributed by atoms with Crippen LogP contribution in [0.25, 0.3) is 11.1 Å². The summed E-state index contributed by atoms with van der Waals surface area (Å²) >= 11 is 5.89. The van der Waals surface area contributed by atoms with Crippen molar-refractivity contribution < 1.29 is 4.79 Å². The summed E-state index contributed by atoms with van der Waals surface area (Å²) in [6, 6.07) is 18.8. The van der Waals surface area contributed by atoms with E-state index in [0.29, 0.717) is 10.6 Å². The standard InChI is InChI=1S/C18H13ClN2O/c19-16-7-3-13(4-8-16)14-5-9-17(10-6-14)21-18(22)15-2-1-11-20-12-15/h1-12H,(H,21,22). The molecule has 0 spiro atoms. The Morgan fingerprint density at radius 3 is 2.14 bits per heavy atom. The molecule has 108 valence electrons. The summed E-state index contributed by atoms with van der Waals surface area (Å²) in [5.74, 6) is -0.174. The summed E-state index contributed by atoms with van der Waals surface area (Å²) in [6.07, 6.45) is 3.18. The fraction of sp³-hybridized carbons (Fsp3) is 0. The number of rotatable bonds is 3. The number of nitrogens with one attached hydrogen (secondary N) is 1. The van der Waals surface area contributed by atoms with E-state index in [-0.39, 0.29) is 5.91 Å². The Hall–Kier alpha value is -2.65. The van der Waals surface area contributed by atoms with Crippen molar-refractivity contribution in [3.8, 4) is 11.1 Å². The smallest absolute Gasteiger partial charge is 0.257 e. The van der Waals surface area contributed by atoms with Gasteiger partial charge in [0.1, 0.15) is 0 Å². The summed E-state index contributed by atoms with van der Waals surface area (Å²) in [5, 5.41) is 3.56. The molecule has 1 aromatic heterocycles. The minimum atomic E-state index is -0.174. The number of aromatic nitrogens is 1. The second kappa shape index (κ2) is 6.41. The van der Waals surface area contributed by atoms with E-state index >= 15 is 0 Å². The molecule has 2 aromatic carbocycles. The highest BCUT2D eigenvalue weighted by atomic mass is 35.5. The number of anilines is 1. The van der Waals surface area contributed by atoms with Gasteiger partial charge in [0.15, 0.2) is 0 Å². The first-order valence-corrected chi connectivity index (χ1v) is 7.17. The number of amides is 1. The molecule has 1 N–H and O–H groups in total. The van der Waals surface area contributed by atoms with Gasteiger partial charge in [0.25, 0.3) is 5.91 Å². The van der Waals surface area contributed by atoms with E-state index in [0.717, 1.165) is 16.8 Å². The van der Waals surface area contributed by atoms with Gasteiger partial charge < -0.3 is 5.32 Å². The summed E-state index contributed by atoms with van der Waals surface area (Å²) in [6.45, 7) is 0. The van der Waals surface area contributed by atoms with Gasteiger partial charge in [-0.3, -0.25) is 9.78 Å². The maximum Gasteiger partial charge on any atom is 0.257 e. The van der Waals surface area contributed by atoms with Crippen LogP contribution in [0.15, 0.2) is 73.1 Å². The molecule has 4 heteroatoms. The monoisotopic (exact) mass is 308 g/mol. The quantitative estimate of drug-likeness (QED) is 0.765. The third-order valence-corrected chi connectivity index (χ3v) is 3.50. The average Bonchev–Trinajstić information content (AvgIpc) is 2.57. The van der Waals surface area contributed by atoms with Gasteiger partial charge in [-0.05, 0) is 47.5 Å². The lowest BCUT2D eigenvalue weighted by Gasteiger charge is -2.07. The van der Waals surface area contributed by atoms with Crippen LogP contribution < -0.4 is 5.32 Å². The van der Waals surface area contributed by atoms with Crippen LogP contribution in [0, 0.1) is 0 Å². The first-order valence-electron chi connectivity index (χ1n) is 6.80. The number of hydrogen-bond donors (Lipinski definition) is 1. The average molecular weight is 309 g/mol. The topological polar surface area (TPSA) is 42.0 Å². The molecule has 0 aliphatic carbocycles. The molecule has 0 bridgehead atoms. The van der Waals surface area contributed by atoms with Crippen molar-refractivity contribution in [3.63, 3.8) is 0 Å². The van der Waals surface area contributed by atoms with Gasteiger partial charge in [-0.2, -0.15) is 0 Å². The van der Waals surface area contributed by atoms with Crippen molar-refractivity contribution in [2.24, 2.45) is 0 Å². The number of halogens is 1. The van der Waals surface area contributed by atoms with Crippen LogP contribution in [0.5, 0.6) is 0 Å². The summed E-state index contributed by atoms with van der Waals surface area (Å²) in [5.41, 5.74) is 3.42. The molecule has 0 aliphatic heterocycles. The normalized spacial score (nSPS) is 10.2. The molecule has 3 rings (SSSR count). The van der Waals surface area contributed by atoms with Crippen molar-refractivity contribution in [1.29, 1.82) is 0 Å². The number of carbonyl (C=O) groups excluding carboxylic acids is 1. The Morgan fingerprint density at radius 1 is 0.909 bits per heavy atom. The van der Waals surface area contributed by atoms with Crippen molar-refractivity contribution in [1.82, 2.24) is 4.98 Å². The molecular weight excluding hydrogens is 296 g/mol. The summed E-state index contributed by atoms with van der Waals surface area (Å²) < 4.78 is 0. The van der Waals surface area contributed by atoms with Crippen LogP contribution in [0.4, 0.5) is 5.69 Å². The van der Waals surface area contributed by atoms with E-state index in [2.05, 4.69) is 10.3 Å². The van der Waals surface area contributed by atoms with Crippen LogP contribution in [-0.4, -0.2) is 10.9 Å². The zero-order valence-corrected chi connectivity index (χ0v) is 12.4. The zero-order chi connectivity index (χ0) is 15.4. The van der Waals surface area contributed by atoms with E-state index in [1.165, 1.54) is 6.20 Å². The SMILES string of the molecule is O=C(Nc1ccc(-c2ccc(Cl)cc2)cc1)c1cccnc1. The first-order chi connectivity index (χ1) is 10.7. The molecule has 1 amide bonds. The third-order valence-electron chi connectivity index (χ3n) is 3.24. The lowest BCUT2D eigenvalue weighted by molar-refractivity contribution is 0.102. The molecule has 0 saturated heterocycles. The summed E-state index contributed by atoms with van der Waals surface area (Å²) in [7, 11) is 0. The highest BCUT2D eigenvalue weighted by Crippen LogP contribution is 2.23. The Bertz CT molecular complexity index is 768. The number of benzene rings is 2. The van der Waals surface area contributed by atoms with Gasteiger partial charge in [0.2, 0.25) is 0 Å². The number of hydrogen-bond acceptors (Lipinski definition) is 2. The third kappa shape index (κ3) is 3.32. The zero-order valence-electron chi connectivity index (χ0n) is 11.7. The van der Waals surface area contributed by atoms with E-state index < -0.39 is 0 Å². The van der Waals surface area contributed by atoms with Crippen LogP contribution in [0.3, 0.4) is 0 Å². The molecule has 0 aliphatic rings. The van der Waals surface area contributed by atoms with Crippen molar-refractivity contribution in [3.05, 3.63) is 83.6 Å². The van der Waals surface area contributed by atoms with Gasteiger partial charge in [-0.15, -0.1) is 0 Å². The van der Waals surface area contributed by atoms with Crippen molar-refractivity contribution in [2.45, 2.75) is 0 Å². The molecule has 0 radical (unpaired) electrons. The second-order valence-corrected chi connectivity index (χ2v) is 5.22. The van der Waals surface area contributed by atoms with E-state index in [1.807, 2.05) is 48.5 Å². The van der Waals surface area contributed by atoms with Crippen molar-refractivity contribution >= 4 is 23.2 Å². The highest BCUT2D eigenvalue weighted by molar-refractivity contribution is 6.30. The van der Waals surface area contributed by atoms with E-state index in [9.17, 15) is 4.79 Å². The number of carbonyl (C=O) groups is 1. The Kier molecular flexibility index (Phi) is 4.17. The van der Waals surface area contributed by atoms with Crippen LogP contribution >= 0.6 is 11.6 Å². The van der Waals surface area contributed by atoms with Gasteiger partial charge in [0, 0.05) is 23.1 Å². The molecule has 3 aromatic rings. The Balaban J connectivity index is 1.74. The minimum Gasteiger partial charge on any atom is -0.322 e. The van der Waals surface area contributed by atoms with Gasteiger partial charge in [-0.25, -0.2) is 0 Å². The van der Waals surface area contributed by atoms with Crippen molar-refractivity contribution in [2.75, 3.05) is 5.32 Å². The minimum absolute atomic E-state index is 0.174. The van der Waals surface area contributed by atoms with Crippen LogP contribution in [-0.2, 0) is 0 Å². The molecule has 0 atom stereocenters. The molecule has 0 saturated carbocycles. The molecule has 22 heavy (non-hydrogen) atoms. The maximum absolute atomic E-state index is 12.0.